The zero-order chi connectivity index (χ0) is 14.4. The van der Waals surface area contributed by atoms with Gasteiger partial charge in [0, 0.05) is 12.1 Å². The van der Waals surface area contributed by atoms with Crippen LogP contribution in [0.3, 0.4) is 0 Å². The van der Waals surface area contributed by atoms with E-state index in [4.69, 9.17) is 4.74 Å². The molecule has 0 N–H and O–H groups in total. The monoisotopic (exact) mass is 266 g/mol. The molecule has 0 saturated carbocycles. The smallest absolute Gasteiger partial charge is 0.339 e. The summed E-state index contributed by atoms with van der Waals surface area (Å²) in [5.41, 5.74) is 0.262. The second kappa shape index (κ2) is 6.84. The van der Waals surface area contributed by atoms with Crippen molar-refractivity contribution in [2.24, 2.45) is 0 Å². The first-order chi connectivity index (χ1) is 8.99. The molecular weight excluding hydrogens is 248 g/mol. The average molecular weight is 266 g/mol. The number of nitrogens with zero attached hydrogens (tertiary/aromatic N) is 2. The Balaban J connectivity index is 2.70. The van der Waals surface area contributed by atoms with Crippen molar-refractivity contribution in [2.75, 3.05) is 13.1 Å². The largest absolute Gasteiger partial charge is 0.443 e. The standard InChI is InChI=1S/C13H18N2O4/c1-4-14(5-2)10(3)19-13(16)11-6-8-12(9-7-11)15(17)18/h6-10H,4-5H2,1-3H3. The molecule has 1 aromatic carbocycles. The molecule has 6 nitrogen and oxygen atoms in total. The number of benzene rings is 1. The minimum atomic E-state index is -0.506. The van der Waals surface area contributed by atoms with Gasteiger partial charge in [-0.2, -0.15) is 0 Å². The normalized spacial score (nSPS) is 12.2. The van der Waals surface area contributed by atoms with Crippen molar-refractivity contribution in [3.63, 3.8) is 0 Å². The third kappa shape index (κ3) is 4.03. The summed E-state index contributed by atoms with van der Waals surface area (Å²) in [5, 5.41) is 10.5. The Hall–Kier alpha value is -1.95. The van der Waals surface area contributed by atoms with Gasteiger partial charge in [0.25, 0.3) is 5.69 Å². The summed E-state index contributed by atoms with van der Waals surface area (Å²) in [6.45, 7) is 7.34. The van der Waals surface area contributed by atoms with Gasteiger partial charge in [0.05, 0.1) is 10.5 Å². The summed E-state index contributed by atoms with van der Waals surface area (Å²) in [6, 6.07) is 5.38. The molecule has 1 rings (SSSR count). The number of esters is 1. The zero-order valence-electron chi connectivity index (χ0n) is 11.3. The van der Waals surface area contributed by atoms with E-state index in [1.54, 1.807) is 6.92 Å². The van der Waals surface area contributed by atoms with Crippen LogP contribution in [0.25, 0.3) is 0 Å². The topological polar surface area (TPSA) is 72.7 Å². The van der Waals surface area contributed by atoms with E-state index in [1.165, 1.54) is 24.3 Å². The number of nitro benzene ring substituents is 1. The number of ether oxygens (including phenoxy) is 1. The van der Waals surface area contributed by atoms with Crippen LogP contribution in [-0.4, -0.2) is 35.1 Å². The number of hydrogen-bond donors (Lipinski definition) is 0. The Labute approximate surface area is 112 Å². The highest BCUT2D eigenvalue weighted by Crippen LogP contribution is 2.13. The third-order valence-corrected chi connectivity index (χ3v) is 2.92. The molecule has 104 valence electrons. The lowest BCUT2D eigenvalue weighted by Crippen LogP contribution is -2.36. The molecule has 0 aliphatic rings. The number of rotatable bonds is 6. The number of nitro groups is 1. The van der Waals surface area contributed by atoms with Gasteiger partial charge in [0.2, 0.25) is 0 Å². The van der Waals surface area contributed by atoms with Crippen molar-refractivity contribution in [3.05, 3.63) is 39.9 Å². The van der Waals surface area contributed by atoms with E-state index in [2.05, 4.69) is 0 Å². The lowest BCUT2D eigenvalue weighted by molar-refractivity contribution is -0.384. The molecule has 1 aromatic rings. The molecule has 0 bridgehead atoms. The van der Waals surface area contributed by atoms with E-state index in [9.17, 15) is 14.9 Å². The number of carbonyl (C=O) groups excluding carboxylic acids is 1. The molecule has 1 unspecified atom stereocenters. The van der Waals surface area contributed by atoms with Crippen molar-refractivity contribution in [1.82, 2.24) is 4.90 Å². The maximum absolute atomic E-state index is 11.9. The van der Waals surface area contributed by atoms with E-state index in [0.717, 1.165) is 13.1 Å². The van der Waals surface area contributed by atoms with Gasteiger partial charge in [0.15, 0.2) is 6.23 Å². The molecule has 0 amide bonds. The number of carbonyl (C=O) groups is 1. The third-order valence-electron chi connectivity index (χ3n) is 2.92. The molecule has 0 aliphatic heterocycles. The van der Waals surface area contributed by atoms with Gasteiger partial charge in [-0.05, 0) is 32.1 Å². The van der Waals surface area contributed by atoms with Crippen LogP contribution in [-0.2, 0) is 4.74 Å². The van der Waals surface area contributed by atoms with Gasteiger partial charge in [0.1, 0.15) is 0 Å². The molecule has 0 radical (unpaired) electrons. The van der Waals surface area contributed by atoms with E-state index < -0.39 is 10.9 Å². The Bertz CT molecular complexity index is 440. The molecule has 0 aromatic heterocycles. The first-order valence-electron chi connectivity index (χ1n) is 6.19. The van der Waals surface area contributed by atoms with Gasteiger partial charge in [-0.1, -0.05) is 13.8 Å². The highest BCUT2D eigenvalue weighted by atomic mass is 16.6. The van der Waals surface area contributed by atoms with E-state index >= 15 is 0 Å². The van der Waals surface area contributed by atoms with Crippen molar-refractivity contribution < 1.29 is 14.5 Å². The van der Waals surface area contributed by atoms with E-state index in [0.29, 0.717) is 5.56 Å². The highest BCUT2D eigenvalue weighted by Gasteiger charge is 2.17. The first kappa shape index (κ1) is 15.1. The fourth-order valence-electron chi connectivity index (χ4n) is 1.75. The van der Waals surface area contributed by atoms with Crippen molar-refractivity contribution in [1.29, 1.82) is 0 Å². The van der Waals surface area contributed by atoms with Crippen LogP contribution in [0.15, 0.2) is 24.3 Å². The summed E-state index contributed by atoms with van der Waals surface area (Å²) in [7, 11) is 0. The summed E-state index contributed by atoms with van der Waals surface area (Å²) in [6.07, 6.45) is -0.322. The Morgan fingerprint density at radius 2 is 1.84 bits per heavy atom. The average Bonchev–Trinajstić information content (AvgIpc) is 2.40. The van der Waals surface area contributed by atoms with Crippen molar-refractivity contribution >= 4 is 11.7 Å². The Kier molecular flexibility index (Phi) is 5.44. The maximum atomic E-state index is 11.9. The Morgan fingerprint density at radius 3 is 2.26 bits per heavy atom. The molecular formula is C13H18N2O4. The maximum Gasteiger partial charge on any atom is 0.339 e. The summed E-state index contributed by atoms with van der Waals surface area (Å²) < 4.78 is 5.30. The lowest BCUT2D eigenvalue weighted by atomic mass is 10.2. The zero-order valence-corrected chi connectivity index (χ0v) is 11.3. The van der Waals surface area contributed by atoms with Crippen LogP contribution in [0.2, 0.25) is 0 Å². The van der Waals surface area contributed by atoms with Gasteiger partial charge in [-0.15, -0.1) is 0 Å². The van der Waals surface area contributed by atoms with Crippen LogP contribution in [0, 0.1) is 10.1 Å². The van der Waals surface area contributed by atoms with Gasteiger partial charge >= 0.3 is 5.97 Å². The van der Waals surface area contributed by atoms with Crippen LogP contribution in [0.4, 0.5) is 5.69 Å². The highest BCUT2D eigenvalue weighted by molar-refractivity contribution is 5.89. The lowest BCUT2D eigenvalue weighted by Gasteiger charge is -2.25. The predicted molar refractivity (Wildman–Crippen MR) is 70.9 cm³/mol. The fraction of sp³-hybridized carbons (Fsp3) is 0.462. The van der Waals surface area contributed by atoms with Crippen LogP contribution >= 0.6 is 0 Å². The molecule has 19 heavy (non-hydrogen) atoms. The second-order valence-corrected chi connectivity index (χ2v) is 4.03. The number of hydrogen-bond acceptors (Lipinski definition) is 5. The van der Waals surface area contributed by atoms with Gasteiger partial charge in [-0.25, -0.2) is 4.79 Å². The summed E-state index contributed by atoms with van der Waals surface area (Å²) in [5.74, 6) is -0.478. The fourth-order valence-corrected chi connectivity index (χ4v) is 1.75. The minimum Gasteiger partial charge on any atom is -0.443 e. The molecule has 6 heteroatoms. The molecule has 0 saturated heterocycles. The minimum absolute atomic E-state index is 0.0478. The number of non-ortho nitro benzene ring substituents is 1. The van der Waals surface area contributed by atoms with E-state index in [-0.39, 0.29) is 11.9 Å². The second-order valence-electron chi connectivity index (χ2n) is 4.03. The van der Waals surface area contributed by atoms with Gasteiger partial charge < -0.3 is 4.74 Å². The quantitative estimate of drug-likeness (QED) is 0.342. The molecule has 0 fully saturated rings. The molecule has 0 heterocycles. The molecule has 0 spiro atoms. The van der Waals surface area contributed by atoms with Crippen LogP contribution in [0.5, 0.6) is 0 Å². The van der Waals surface area contributed by atoms with Gasteiger partial charge in [-0.3, -0.25) is 15.0 Å². The molecule has 1 atom stereocenters. The van der Waals surface area contributed by atoms with Crippen LogP contribution < -0.4 is 0 Å². The van der Waals surface area contributed by atoms with Crippen LogP contribution in [0.1, 0.15) is 31.1 Å². The molecule has 0 aliphatic carbocycles. The Morgan fingerprint density at radius 1 is 1.32 bits per heavy atom. The summed E-state index contributed by atoms with van der Waals surface area (Å²) >= 11 is 0. The van der Waals surface area contributed by atoms with Crippen molar-refractivity contribution in [3.8, 4) is 0 Å². The SMILES string of the molecule is CCN(CC)C(C)OC(=O)c1ccc([N+](=O)[O-])cc1. The predicted octanol–water partition coefficient (Wildman–Crippen LogP) is 2.44. The summed E-state index contributed by atoms with van der Waals surface area (Å²) in [4.78, 5) is 23.8. The van der Waals surface area contributed by atoms with E-state index in [1.807, 2.05) is 18.7 Å². The first-order valence-corrected chi connectivity index (χ1v) is 6.19. The van der Waals surface area contributed by atoms with Crippen molar-refractivity contribution in [2.45, 2.75) is 27.0 Å².